The Labute approximate surface area is 205 Å². The van der Waals surface area contributed by atoms with E-state index in [0.29, 0.717) is 12.5 Å². The highest BCUT2D eigenvalue weighted by molar-refractivity contribution is 9.10. The van der Waals surface area contributed by atoms with Crippen molar-refractivity contribution in [3.05, 3.63) is 33.3 Å². The molecule has 0 amide bonds. The molecule has 3 rings (SSSR count). The Morgan fingerprint density at radius 2 is 1.75 bits per heavy atom. The van der Waals surface area contributed by atoms with Gasteiger partial charge in [0.25, 0.3) is 0 Å². The van der Waals surface area contributed by atoms with Crippen LogP contribution >= 0.6 is 27.5 Å². The number of likely N-dealkylation sites (tertiary alicyclic amines) is 1. The zero-order chi connectivity index (χ0) is 23.1. The Morgan fingerprint density at radius 3 is 2.38 bits per heavy atom. The summed E-state index contributed by atoms with van der Waals surface area (Å²) >= 11 is 9.81. The Bertz CT molecular complexity index is 699. The fraction of sp³-hybridized carbons (Fsp3) is 0.760. The van der Waals surface area contributed by atoms with Crippen LogP contribution in [0.25, 0.3) is 0 Å². The summed E-state index contributed by atoms with van der Waals surface area (Å²) in [7, 11) is 0. The van der Waals surface area contributed by atoms with Crippen molar-refractivity contribution in [2.24, 2.45) is 11.8 Å². The van der Waals surface area contributed by atoms with Crippen molar-refractivity contribution in [1.82, 2.24) is 9.80 Å². The lowest BCUT2D eigenvalue weighted by Crippen LogP contribution is -2.43. The van der Waals surface area contributed by atoms with Gasteiger partial charge in [-0.15, -0.1) is 0 Å². The lowest BCUT2D eigenvalue weighted by Gasteiger charge is -2.37. The van der Waals surface area contributed by atoms with Gasteiger partial charge < -0.3 is 4.90 Å². The van der Waals surface area contributed by atoms with E-state index in [2.05, 4.69) is 26.9 Å². The third-order valence-corrected chi connectivity index (χ3v) is 8.44. The average Bonchev–Trinajstić information content (AvgIpc) is 2.76. The molecule has 0 unspecified atom stereocenters. The number of alkyl halides is 3. The summed E-state index contributed by atoms with van der Waals surface area (Å²) in [5.41, 5.74) is 1.31. The van der Waals surface area contributed by atoms with Crippen LogP contribution in [0.4, 0.5) is 13.2 Å². The second-order valence-electron chi connectivity index (χ2n) is 9.72. The summed E-state index contributed by atoms with van der Waals surface area (Å²) < 4.78 is 39.5. The predicted octanol–water partition coefficient (Wildman–Crippen LogP) is 7.58. The Balaban J connectivity index is 1.30. The molecule has 2 fully saturated rings. The zero-order valence-corrected chi connectivity index (χ0v) is 21.5. The summed E-state index contributed by atoms with van der Waals surface area (Å²) in [5.74, 6) is 1.41. The van der Waals surface area contributed by atoms with Crippen molar-refractivity contribution in [2.45, 2.75) is 76.9 Å². The topological polar surface area (TPSA) is 6.48 Å². The highest BCUT2D eigenvalue weighted by Crippen LogP contribution is 2.32. The largest absolute Gasteiger partial charge is 0.401 e. The number of hydrogen-bond donors (Lipinski definition) is 0. The highest BCUT2D eigenvalue weighted by Gasteiger charge is 2.34. The predicted molar refractivity (Wildman–Crippen MR) is 130 cm³/mol. The van der Waals surface area contributed by atoms with E-state index in [1.165, 1.54) is 44.3 Å². The number of piperidine rings is 1. The number of benzene rings is 1. The molecule has 2 nitrogen and oxygen atoms in total. The molecule has 1 saturated carbocycles. The van der Waals surface area contributed by atoms with E-state index in [9.17, 15) is 13.2 Å². The van der Waals surface area contributed by atoms with Gasteiger partial charge in [-0.05, 0) is 120 Å². The lowest BCUT2D eigenvalue weighted by molar-refractivity contribution is -0.152. The molecular formula is C25H37BrClF3N2. The SMILES string of the molecule is CCN(CC(F)(F)F)C1CCC(CCCN2CCC(Cc3cc(Cl)ccc3Br)CC2)CC1. The quantitative estimate of drug-likeness (QED) is 0.320. The maximum absolute atomic E-state index is 12.8. The first-order valence-corrected chi connectivity index (χ1v) is 13.4. The number of hydrogen-bond acceptors (Lipinski definition) is 2. The van der Waals surface area contributed by atoms with Gasteiger partial charge in [-0.3, -0.25) is 4.90 Å². The van der Waals surface area contributed by atoms with E-state index in [-0.39, 0.29) is 6.04 Å². The van der Waals surface area contributed by atoms with Gasteiger partial charge in [0.05, 0.1) is 6.54 Å². The summed E-state index contributed by atoms with van der Waals surface area (Å²) in [6.07, 6.45) is 5.87. The van der Waals surface area contributed by atoms with Crippen LogP contribution in [0, 0.1) is 11.8 Å². The standard InChI is InChI=1S/C25H37BrClF3N2/c1-2-32(18-25(28,29)30)23-8-5-19(6-9-23)4-3-13-31-14-11-20(12-15-31)16-21-17-22(27)7-10-24(21)26/h7,10,17,19-20,23H,2-6,8-9,11-16,18H2,1H3. The van der Waals surface area contributed by atoms with E-state index >= 15 is 0 Å². The molecule has 0 bridgehead atoms. The van der Waals surface area contributed by atoms with Gasteiger partial charge in [0, 0.05) is 15.5 Å². The van der Waals surface area contributed by atoms with E-state index in [1.54, 1.807) is 4.90 Å². The smallest absolute Gasteiger partial charge is 0.303 e. The molecule has 1 aromatic rings. The minimum Gasteiger partial charge on any atom is -0.303 e. The van der Waals surface area contributed by atoms with Crippen LogP contribution in [0.3, 0.4) is 0 Å². The average molecular weight is 538 g/mol. The Hall–Kier alpha value is -0.300. The lowest BCUT2D eigenvalue weighted by atomic mass is 9.82. The van der Waals surface area contributed by atoms with Gasteiger partial charge in [-0.1, -0.05) is 34.5 Å². The molecule has 0 N–H and O–H groups in total. The molecular weight excluding hydrogens is 501 g/mol. The van der Waals surface area contributed by atoms with E-state index in [0.717, 1.165) is 54.1 Å². The van der Waals surface area contributed by atoms with Crippen LogP contribution in [0.2, 0.25) is 5.02 Å². The molecule has 182 valence electrons. The van der Waals surface area contributed by atoms with Gasteiger partial charge in [-0.2, -0.15) is 13.2 Å². The molecule has 2 aliphatic rings. The second kappa shape index (κ2) is 12.4. The second-order valence-corrected chi connectivity index (χ2v) is 11.0. The number of nitrogens with zero attached hydrogens (tertiary/aromatic N) is 2. The summed E-state index contributed by atoms with van der Waals surface area (Å²) in [6.45, 7) is 5.05. The van der Waals surface area contributed by atoms with E-state index < -0.39 is 12.7 Å². The monoisotopic (exact) mass is 536 g/mol. The minimum atomic E-state index is -4.09. The molecule has 1 saturated heterocycles. The van der Waals surface area contributed by atoms with Gasteiger partial charge in [0.2, 0.25) is 0 Å². The van der Waals surface area contributed by atoms with Crippen molar-refractivity contribution in [3.8, 4) is 0 Å². The maximum atomic E-state index is 12.8. The molecule has 1 heterocycles. The highest BCUT2D eigenvalue weighted by atomic mass is 79.9. The molecule has 1 aromatic carbocycles. The molecule has 7 heteroatoms. The summed E-state index contributed by atoms with van der Waals surface area (Å²) in [4.78, 5) is 4.22. The molecule has 32 heavy (non-hydrogen) atoms. The molecule has 1 aliphatic heterocycles. The van der Waals surface area contributed by atoms with Gasteiger partial charge in [0.1, 0.15) is 0 Å². The normalized spacial score (nSPS) is 23.7. The summed E-state index contributed by atoms with van der Waals surface area (Å²) in [6, 6.07) is 6.15. The van der Waals surface area contributed by atoms with E-state index in [1.807, 2.05) is 19.1 Å². The molecule has 0 aromatic heterocycles. The first-order chi connectivity index (χ1) is 15.2. The maximum Gasteiger partial charge on any atom is 0.401 e. The molecule has 0 radical (unpaired) electrons. The van der Waals surface area contributed by atoms with Crippen LogP contribution in [0.5, 0.6) is 0 Å². The first kappa shape index (κ1) is 26.3. The Morgan fingerprint density at radius 1 is 1.06 bits per heavy atom. The van der Waals surface area contributed by atoms with Crippen molar-refractivity contribution in [3.63, 3.8) is 0 Å². The van der Waals surface area contributed by atoms with Crippen LogP contribution in [0.15, 0.2) is 22.7 Å². The van der Waals surface area contributed by atoms with Crippen LogP contribution in [-0.4, -0.2) is 54.7 Å². The van der Waals surface area contributed by atoms with Crippen LogP contribution in [0.1, 0.15) is 63.9 Å². The zero-order valence-electron chi connectivity index (χ0n) is 19.1. The van der Waals surface area contributed by atoms with Gasteiger partial charge >= 0.3 is 6.18 Å². The van der Waals surface area contributed by atoms with Gasteiger partial charge in [-0.25, -0.2) is 0 Å². The van der Waals surface area contributed by atoms with E-state index in [4.69, 9.17) is 11.6 Å². The Kier molecular flexibility index (Phi) is 10.2. The molecule has 0 atom stereocenters. The molecule has 0 spiro atoms. The van der Waals surface area contributed by atoms with Crippen molar-refractivity contribution >= 4 is 27.5 Å². The van der Waals surface area contributed by atoms with Crippen molar-refractivity contribution in [1.29, 1.82) is 0 Å². The fourth-order valence-corrected chi connectivity index (χ4v) is 6.16. The van der Waals surface area contributed by atoms with Crippen LogP contribution < -0.4 is 0 Å². The minimum absolute atomic E-state index is 0.108. The number of halogens is 5. The van der Waals surface area contributed by atoms with Crippen LogP contribution in [-0.2, 0) is 6.42 Å². The first-order valence-electron chi connectivity index (χ1n) is 12.2. The fourth-order valence-electron chi connectivity index (χ4n) is 5.56. The summed E-state index contributed by atoms with van der Waals surface area (Å²) in [5, 5.41) is 0.803. The third-order valence-electron chi connectivity index (χ3n) is 7.43. The van der Waals surface area contributed by atoms with Crippen molar-refractivity contribution in [2.75, 3.05) is 32.7 Å². The molecule has 1 aliphatic carbocycles. The van der Waals surface area contributed by atoms with Crippen molar-refractivity contribution < 1.29 is 13.2 Å². The van der Waals surface area contributed by atoms with Gasteiger partial charge in [0.15, 0.2) is 0 Å². The third kappa shape index (κ3) is 8.48. The number of rotatable bonds is 9.